The summed E-state index contributed by atoms with van der Waals surface area (Å²) in [6.07, 6.45) is 1.17. The molecule has 2 aliphatic heterocycles. The first-order valence-corrected chi connectivity index (χ1v) is 8.65. The van der Waals surface area contributed by atoms with E-state index in [9.17, 15) is 9.18 Å². The Morgan fingerprint density at radius 2 is 1.96 bits per heavy atom. The van der Waals surface area contributed by atoms with Crippen molar-refractivity contribution in [1.29, 1.82) is 0 Å². The van der Waals surface area contributed by atoms with Crippen molar-refractivity contribution in [3.05, 3.63) is 65.5 Å². The first-order valence-electron chi connectivity index (χ1n) is 8.65. The molecule has 0 aliphatic carbocycles. The highest BCUT2D eigenvalue weighted by atomic mass is 19.1. The van der Waals surface area contributed by atoms with E-state index in [0.717, 1.165) is 22.6 Å². The molecule has 1 amide bonds. The Morgan fingerprint density at radius 1 is 1.15 bits per heavy atom. The Bertz CT molecular complexity index is 810. The van der Waals surface area contributed by atoms with Crippen molar-refractivity contribution in [2.24, 2.45) is 5.16 Å². The van der Waals surface area contributed by atoms with E-state index < -0.39 is 6.10 Å². The van der Waals surface area contributed by atoms with Gasteiger partial charge in [0.25, 0.3) is 5.91 Å². The van der Waals surface area contributed by atoms with Gasteiger partial charge in [0.05, 0.1) is 12.3 Å². The zero-order valence-corrected chi connectivity index (χ0v) is 14.2. The van der Waals surface area contributed by atoms with E-state index in [1.165, 1.54) is 12.1 Å². The number of hydrogen-bond donors (Lipinski definition) is 1. The molecular formula is C20H19FN2O3. The topological polar surface area (TPSA) is 59.9 Å². The molecule has 4 rings (SSSR count). The molecule has 0 saturated heterocycles. The van der Waals surface area contributed by atoms with Crippen molar-refractivity contribution in [3.8, 4) is 5.75 Å². The first kappa shape index (κ1) is 16.6. The summed E-state index contributed by atoms with van der Waals surface area (Å²) >= 11 is 0. The van der Waals surface area contributed by atoms with Crippen LogP contribution in [0.2, 0.25) is 0 Å². The highest BCUT2D eigenvalue weighted by Gasteiger charge is 2.30. The van der Waals surface area contributed by atoms with Gasteiger partial charge in [-0.15, -0.1) is 0 Å². The lowest BCUT2D eigenvalue weighted by molar-refractivity contribution is -0.127. The van der Waals surface area contributed by atoms with E-state index in [-0.39, 0.29) is 17.8 Å². The summed E-state index contributed by atoms with van der Waals surface area (Å²) in [5.74, 6) is 0.377. The molecule has 134 valence electrons. The van der Waals surface area contributed by atoms with Crippen molar-refractivity contribution < 1.29 is 18.8 Å². The van der Waals surface area contributed by atoms with Crippen LogP contribution in [0.4, 0.5) is 4.39 Å². The average Bonchev–Trinajstić information content (AvgIpc) is 3.28. The molecular weight excluding hydrogens is 335 g/mol. The number of nitrogens with zero attached hydrogens (tertiary/aromatic N) is 1. The van der Waals surface area contributed by atoms with E-state index in [1.54, 1.807) is 12.1 Å². The molecule has 0 spiro atoms. The van der Waals surface area contributed by atoms with Gasteiger partial charge in [-0.2, -0.15) is 0 Å². The van der Waals surface area contributed by atoms with E-state index in [4.69, 9.17) is 9.57 Å². The molecule has 6 heteroatoms. The summed E-state index contributed by atoms with van der Waals surface area (Å²) in [7, 11) is 0. The maximum Gasteiger partial charge on any atom is 0.261 e. The van der Waals surface area contributed by atoms with Crippen LogP contribution in [0.3, 0.4) is 0 Å². The second-order valence-electron chi connectivity index (χ2n) is 6.56. The average molecular weight is 354 g/mol. The number of rotatable bonds is 5. The Balaban J connectivity index is 1.23. The Hall–Kier alpha value is -2.89. The highest BCUT2D eigenvalue weighted by Crippen LogP contribution is 2.28. The van der Waals surface area contributed by atoms with Crippen LogP contribution in [0.25, 0.3) is 0 Å². The monoisotopic (exact) mass is 354 g/mol. The van der Waals surface area contributed by atoms with Crippen molar-refractivity contribution >= 4 is 11.6 Å². The van der Waals surface area contributed by atoms with Gasteiger partial charge in [-0.3, -0.25) is 4.79 Å². The summed E-state index contributed by atoms with van der Waals surface area (Å²) in [6, 6.07) is 14.0. The molecule has 0 saturated carbocycles. The first-order chi connectivity index (χ1) is 12.7. The molecule has 0 bridgehead atoms. The number of carbonyl (C=O) groups excluding carboxylic acids is 1. The summed E-state index contributed by atoms with van der Waals surface area (Å²) < 4.78 is 18.6. The molecule has 1 N–H and O–H groups in total. The molecule has 2 aliphatic rings. The lowest BCUT2D eigenvalue weighted by Gasteiger charge is -2.13. The maximum absolute atomic E-state index is 12.9. The molecule has 0 radical (unpaired) electrons. The Morgan fingerprint density at radius 3 is 2.77 bits per heavy atom. The number of amides is 1. The quantitative estimate of drug-likeness (QED) is 0.898. The van der Waals surface area contributed by atoms with Crippen molar-refractivity contribution in [2.45, 2.75) is 31.5 Å². The highest BCUT2D eigenvalue weighted by molar-refractivity contribution is 5.87. The van der Waals surface area contributed by atoms with Gasteiger partial charge in [-0.05, 0) is 29.3 Å². The van der Waals surface area contributed by atoms with Crippen molar-refractivity contribution in [3.63, 3.8) is 0 Å². The van der Waals surface area contributed by atoms with Crippen LogP contribution in [-0.4, -0.2) is 30.4 Å². The molecule has 2 aromatic rings. The third-order valence-electron chi connectivity index (χ3n) is 4.56. The number of benzene rings is 2. The summed E-state index contributed by atoms with van der Waals surface area (Å²) in [5.41, 5.74) is 2.92. The van der Waals surface area contributed by atoms with Crippen LogP contribution < -0.4 is 10.1 Å². The van der Waals surface area contributed by atoms with Gasteiger partial charge < -0.3 is 14.9 Å². The Labute approximate surface area is 150 Å². The molecule has 2 heterocycles. The Kier molecular flexibility index (Phi) is 4.56. The minimum absolute atomic E-state index is 0.142. The largest absolute Gasteiger partial charge is 0.480 e. The lowest BCUT2D eigenvalue weighted by atomic mass is 10.0. The smallest absolute Gasteiger partial charge is 0.261 e. The number of nitrogens with one attached hydrogen (secondary N) is 1. The normalized spacial score (nSPS) is 20.7. The minimum atomic E-state index is -0.492. The van der Waals surface area contributed by atoms with Gasteiger partial charge in [-0.25, -0.2) is 4.39 Å². The number of fused-ring (bicyclic) bond motifs is 1. The van der Waals surface area contributed by atoms with Gasteiger partial charge in [0.2, 0.25) is 0 Å². The second kappa shape index (κ2) is 7.15. The second-order valence-corrected chi connectivity index (χ2v) is 6.56. The maximum atomic E-state index is 12.9. The number of carbonyl (C=O) groups is 1. The SMILES string of the molecule is O=C(NC[C@H]1CC(Cc2ccc(F)cc2)=NO1)[C@H]1Cc2ccccc2O1. The van der Waals surface area contributed by atoms with E-state index >= 15 is 0 Å². The van der Waals surface area contributed by atoms with Crippen LogP contribution in [0.5, 0.6) is 5.75 Å². The summed E-state index contributed by atoms with van der Waals surface area (Å²) in [6.45, 7) is 0.380. The molecule has 2 atom stereocenters. The fourth-order valence-corrected chi connectivity index (χ4v) is 3.19. The number of para-hydroxylation sites is 1. The van der Waals surface area contributed by atoms with Crippen LogP contribution in [-0.2, 0) is 22.5 Å². The van der Waals surface area contributed by atoms with E-state index in [2.05, 4.69) is 10.5 Å². The zero-order chi connectivity index (χ0) is 17.9. The van der Waals surface area contributed by atoms with Gasteiger partial charge in [-0.1, -0.05) is 35.5 Å². The van der Waals surface area contributed by atoms with Gasteiger partial charge in [0.15, 0.2) is 6.10 Å². The number of halogens is 1. The molecule has 0 fully saturated rings. The molecule has 0 aromatic heterocycles. The van der Waals surface area contributed by atoms with E-state index in [1.807, 2.05) is 24.3 Å². The van der Waals surface area contributed by atoms with Crippen LogP contribution in [0.15, 0.2) is 53.7 Å². The number of ether oxygens (including phenoxy) is 1. The lowest BCUT2D eigenvalue weighted by Crippen LogP contribution is -2.41. The van der Waals surface area contributed by atoms with Gasteiger partial charge in [0, 0.05) is 19.3 Å². The number of oxime groups is 1. The summed E-state index contributed by atoms with van der Waals surface area (Å²) in [4.78, 5) is 17.7. The zero-order valence-electron chi connectivity index (χ0n) is 14.2. The summed E-state index contributed by atoms with van der Waals surface area (Å²) in [5, 5.41) is 6.96. The predicted octanol–water partition coefficient (Wildman–Crippen LogP) is 2.63. The van der Waals surface area contributed by atoms with Crippen molar-refractivity contribution in [2.75, 3.05) is 6.54 Å². The third-order valence-corrected chi connectivity index (χ3v) is 4.56. The predicted molar refractivity (Wildman–Crippen MR) is 94.6 cm³/mol. The van der Waals surface area contributed by atoms with E-state index in [0.29, 0.717) is 25.8 Å². The molecule has 2 aromatic carbocycles. The van der Waals surface area contributed by atoms with Gasteiger partial charge in [0.1, 0.15) is 17.7 Å². The fraction of sp³-hybridized carbons (Fsp3) is 0.300. The molecule has 0 unspecified atom stereocenters. The van der Waals surface area contributed by atoms with Crippen LogP contribution in [0.1, 0.15) is 17.5 Å². The third kappa shape index (κ3) is 3.69. The van der Waals surface area contributed by atoms with Gasteiger partial charge >= 0.3 is 0 Å². The van der Waals surface area contributed by atoms with Crippen LogP contribution in [0, 0.1) is 5.82 Å². The standard InChI is InChI=1S/C20H19FN2O3/c21-15-7-5-13(6-8-15)9-16-11-17(26-23-16)12-22-20(24)19-10-14-3-1-2-4-18(14)25-19/h1-8,17,19H,9-12H2,(H,22,24)/t17-,19-/m1/s1. The molecule has 26 heavy (non-hydrogen) atoms. The molecule has 5 nitrogen and oxygen atoms in total. The minimum Gasteiger partial charge on any atom is -0.480 e. The van der Waals surface area contributed by atoms with Crippen LogP contribution >= 0.6 is 0 Å². The van der Waals surface area contributed by atoms with Crippen molar-refractivity contribution in [1.82, 2.24) is 5.32 Å². The fourth-order valence-electron chi connectivity index (χ4n) is 3.19. The number of hydrogen-bond acceptors (Lipinski definition) is 4.